The number of benzene rings is 1. The van der Waals surface area contributed by atoms with Crippen LogP contribution in [-0.2, 0) is 4.74 Å². The number of aliphatic hydroxyl groups excluding tert-OH is 1. The quantitative estimate of drug-likeness (QED) is 0.799. The van der Waals surface area contributed by atoms with Crippen LogP contribution in [0.2, 0.25) is 0 Å². The lowest BCUT2D eigenvalue weighted by molar-refractivity contribution is 0.00291. The van der Waals surface area contributed by atoms with Gasteiger partial charge in [0.15, 0.2) is 0 Å². The van der Waals surface area contributed by atoms with Crippen molar-refractivity contribution in [3.8, 4) is 0 Å². The minimum Gasteiger partial charge on any atom is -0.390 e. The summed E-state index contributed by atoms with van der Waals surface area (Å²) in [5.74, 6) is 0. The summed E-state index contributed by atoms with van der Waals surface area (Å²) in [7, 11) is 0. The van der Waals surface area contributed by atoms with Gasteiger partial charge in [0.25, 0.3) is 0 Å². The fourth-order valence-corrected chi connectivity index (χ4v) is 3.49. The van der Waals surface area contributed by atoms with Crippen molar-refractivity contribution in [1.82, 2.24) is 14.7 Å². The second-order valence-electron chi connectivity index (χ2n) is 6.98. The van der Waals surface area contributed by atoms with Crippen LogP contribution in [0.3, 0.4) is 0 Å². The molecule has 3 rings (SSSR count). The molecule has 25 heavy (non-hydrogen) atoms. The molecule has 2 saturated heterocycles. The Bertz CT molecular complexity index is 509. The highest BCUT2D eigenvalue weighted by Crippen LogP contribution is 2.06. The summed E-state index contributed by atoms with van der Waals surface area (Å²) >= 11 is 0. The van der Waals surface area contributed by atoms with E-state index in [1.165, 1.54) is 5.56 Å². The molecular weight excluding hydrogens is 314 g/mol. The minimum absolute atomic E-state index is 0.261. The van der Waals surface area contributed by atoms with Crippen molar-refractivity contribution in [2.45, 2.75) is 6.10 Å². The first-order valence-electron chi connectivity index (χ1n) is 9.44. The number of nitrogens with zero attached hydrogens (tertiary/aromatic N) is 3. The van der Waals surface area contributed by atoms with Crippen molar-refractivity contribution in [2.75, 3.05) is 72.1 Å². The van der Waals surface area contributed by atoms with E-state index in [-0.39, 0.29) is 6.10 Å². The number of piperazine rings is 1. The lowest BCUT2D eigenvalue weighted by atomic mass is 10.2. The number of ether oxygens (including phenoxy) is 1. The van der Waals surface area contributed by atoms with Crippen molar-refractivity contribution in [2.24, 2.45) is 0 Å². The number of rotatable bonds is 7. The molecular formula is C20H31N3O2. The van der Waals surface area contributed by atoms with Crippen LogP contribution in [0.1, 0.15) is 5.56 Å². The summed E-state index contributed by atoms with van der Waals surface area (Å²) in [6.07, 6.45) is 4.18. The first-order valence-corrected chi connectivity index (χ1v) is 9.44. The van der Waals surface area contributed by atoms with Crippen molar-refractivity contribution in [1.29, 1.82) is 0 Å². The van der Waals surface area contributed by atoms with Gasteiger partial charge >= 0.3 is 0 Å². The van der Waals surface area contributed by atoms with Crippen LogP contribution < -0.4 is 0 Å². The van der Waals surface area contributed by atoms with E-state index in [2.05, 4.69) is 51.1 Å². The first kappa shape index (κ1) is 18.5. The van der Waals surface area contributed by atoms with Gasteiger partial charge < -0.3 is 9.84 Å². The highest BCUT2D eigenvalue weighted by Gasteiger charge is 2.20. The Hall–Kier alpha value is -1.24. The third kappa shape index (κ3) is 6.53. The predicted molar refractivity (Wildman–Crippen MR) is 102 cm³/mol. The van der Waals surface area contributed by atoms with Gasteiger partial charge in [-0.2, -0.15) is 0 Å². The van der Waals surface area contributed by atoms with Crippen LogP contribution in [0.4, 0.5) is 0 Å². The summed E-state index contributed by atoms with van der Waals surface area (Å²) in [5, 5.41) is 10.3. The van der Waals surface area contributed by atoms with Crippen molar-refractivity contribution >= 4 is 6.08 Å². The minimum atomic E-state index is -0.261. The molecule has 0 aromatic heterocycles. The molecule has 2 fully saturated rings. The normalized spacial score (nSPS) is 22.4. The second-order valence-corrected chi connectivity index (χ2v) is 6.98. The van der Waals surface area contributed by atoms with Crippen LogP contribution in [0.5, 0.6) is 0 Å². The van der Waals surface area contributed by atoms with E-state index in [4.69, 9.17) is 4.74 Å². The lowest BCUT2D eigenvalue weighted by Crippen LogP contribution is -2.50. The summed E-state index contributed by atoms with van der Waals surface area (Å²) < 4.78 is 5.36. The van der Waals surface area contributed by atoms with E-state index >= 15 is 0 Å². The smallest absolute Gasteiger partial charge is 0.0793 e. The van der Waals surface area contributed by atoms with Gasteiger partial charge in [-0.1, -0.05) is 42.5 Å². The van der Waals surface area contributed by atoms with Gasteiger partial charge in [-0.15, -0.1) is 0 Å². The van der Waals surface area contributed by atoms with E-state index in [1.807, 2.05) is 6.07 Å². The molecule has 2 aliphatic heterocycles. The zero-order valence-corrected chi connectivity index (χ0v) is 15.1. The van der Waals surface area contributed by atoms with E-state index < -0.39 is 0 Å². The Morgan fingerprint density at radius 2 is 1.48 bits per heavy atom. The molecule has 0 amide bonds. The predicted octanol–water partition coefficient (Wildman–Crippen LogP) is 1.01. The zero-order chi connectivity index (χ0) is 17.3. The number of hydrogen-bond acceptors (Lipinski definition) is 5. The standard InChI is InChI=1S/C20H31N3O2/c24-20(18-23-13-15-25-16-14-23)17-22-11-9-21(10-12-22)8-4-7-19-5-2-1-3-6-19/h1-7,20,24H,8-18H2. The first-order chi connectivity index (χ1) is 12.3. The Labute approximate surface area is 151 Å². The Morgan fingerprint density at radius 3 is 2.16 bits per heavy atom. The molecule has 2 heterocycles. The highest BCUT2D eigenvalue weighted by atomic mass is 16.5. The molecule has 0 bridgehead atoms. The zero-order valence-electron chi connectivity index (χ0n) is 15.1. The Morgan fingerprint density at radius 1 is 0.880 bits per heavy atom. The molecule has 0 aliphatic carbocycles. The molecule has 1 N–H and O–H groups in total. The molecule has 0 spiro atoms. The van der Waals surface area contributed by atoms with E-state index in [9.17, 15) is 5.11 Å². The third-order valence-corrected chi connectivity index (χ3v) is 4.98. The molecule has 1 aromatic rings. The number of morpholine rings is 1. The molecule has 0 radical (unpaired) electrons. The fraction of sp³-hybridized carbons (Fsp3) is 0.600. The summed E-state index contributed by atoms with van der Waals surface area (Å²) in [5.41, 5.74) is 1.26. The van der Waals surface area contributed by atoms with E-state index in [1.54, 1.807) is 0 Å². The average molecular weight is 345 g/mol. The van der Waals surface area contributed by atoms with Crippen molar-refractivity contribution in [3.63, 3.8) is 0 Å². The highest BCUT2D eigenvalue weighted by molar-refractivity contribution is 5.48. The Balaban J connectivity index is 1.32. The third-order valence-electron chi connectivity index (χ3n) is 4.98. The van der Waals surface area contributed by atoms with E-state index in [0.29, 0.717) is 0 Å². The van der Waals surface area contributed by atoms with Gasteiger partial charge in [0.1, 0.15) is 0 Å². The van der Waals surface area contributed by atoms with Gasteiger partial charge in [-0.25, -0.2) is 0 Å². The molecule has 1 aromatic carbocycles. The van der Waals surface area contributed by atoms with Crippen molar-refractivity contribution < 1.29 is 9.84 Å². The van der Waals surface area contributed by atoms with Gasteiger partial charge in [0, 0.05) is 58.9 Å². The summed E-state index contributed by atoms with van der Waals surface area (Å²) in [6.45, 7) is 10.2. The van der Waals surface area contributed by atoms with Crippen LogP contribution in [0.15, 0.2) is 36.4 Å². The fourth-order valence-electron chi connectivity index (χ4n) is 3.49. The maximum Gasteiger partial charge on any atom is 0.0793 e. The number of aliphatic hydroxyl groups is 1. The average Bonchev–Trinajstić information content (AvgIpc) is 2.65. The molecule has 5 heteroatoms. The Kier molecular flexibility index (Phi) is 7.45. The SMILES string of the molecule is OC(CN1CCOCC1)CN1CCN(CC=Cc2ccccc2)CC1. The topological polar surface area (TPSA) is 39.2 Å². The van der Waals surface area contributed by atoms with Gasteiger partial charge in [0.2, 0.25) is 0 Å². The van der Waals surface area contributed by atoms with Crippen LogP contribution in [0, 0.1) is 0 Å². The molecule has 138 valence electrons. The lowest BCUT2D eigenvalue weighted by Gasteiger charge is -2.36. The van der Waals surface area contributed by atoms with Gasteiger partial charge in [-0.3, -0.25) is 14.7 Å². The summed E-state index contributed by atoms with van der Waals surface area (Å²) in [6, 6.07) is 10.4. The number of hydrogen-bond donors (Lipinski definition) is 1. The number of β-amino-alcohol motifs (C(OH)–C–C–N with tert-alkyl or cyclic N) is 1. The second kappa shape index (κ2) is 10.0. The van der Waals surface area contributed by atoms with Gasteiger partial charge in [-0.05, 0) is 5.56 Å². The molecule has 1 unspecified atom stereocenters. The maximum absolute atomic E-state index is 10.3. The molecule has 0 saturated carbocycles. The van der Waals surface area contributed by atoms with Gasteiger partial charge in [0.05, 0.1) is 19.3 Å². The maximum atomic E-state index is 10.3. The summed E-state index contributed by atoms with van der Waals surface area (Å²) in [4.78, 5) is 7.17. The molecule has 2 aliphatic rings. The van der Waals surface area contributed by atoms with Crippen molar-refractivity contribution in [3.05, 3.63) is 42.0 Å². The van der Waals surface area contributed by atoms with Crippen LogP contribution >= 0.6 is 0 Å². The largest absolute Gasteiger partial charge is 0.390 e. The molecule has 1 atom stereocenters. The van der Waals surface area contributed by atoms with Crippen LogP contribution in [0.25, 0.3) is 6.08 Å². The molecule has 5 nitrogen and oxygen atoms in total. The van der Waals surface area contributed by atoms with Crippen LogP contribution in [-0.4, -0.2) is 98.0 Å². The monoisotopic (exact) mass is 345 g/mol. The van der Waals surface area contributed by atoms with E-state index in [0.717, 1.165) is 72.1 Å².